The number of carbonyl (C=O) groups excluding carboxylic acids is 3. The number of hydrogen-bond donors (Lipinski definition) is 2. The van der Waals surface area contributed by atoms with Gasteiger partial charge in [-0.3, -0.25) is 9.59 Å². The molecule has 0 unspecified atom stereocenters. The molecule has 0 radical (unpaired) electrons. The van der Waals surface area contributed by atoms with E-state index in [0.29, 0.717) is 44.8 Å². The molecule has 194 valence electrons. The maximum absolute atomic E-state index is 13.4. The van der Waals surface area contributed by atoms with Crippen molar-refractivity contribution < 1.29 is 19.1 Å². The van der Waals surface area contributed by atoms with Crippen molar-refractivity contribution in [2.75, 3.05) is 19.6 Å². The van der Waals surface area contributed by atoms with Gasteiger partial charge in [-0.15, -0.1) is 0 Å². The molecule has 1 aliphatic heterocycles. The topological polar surface area (TPSA) is 87.7 Å². The monoisotopic (exact) mass is 493 g/mol. The largest absolute Gasteiger partial charge is 0.445 e. The molecule has 1 aliphatic rings. The number of rotatable bonds is 12. The number of piperidine rings is 1. The molecule has 2 aromatic rings. The molecule has 1 saturated heterocycles. The van der Waals surface area contributed by atoms with Gasteiger partial charge in [0.1, 0.15) is 12.6 Å². The van der Waals surface area contributed by atoms with Crippen molar-refractivity contribution in [2.24, 2.45) is 5.92 Å². The highest BCUT2D eigenvalue weighted by Gasteiger charge is 2.29. The average Bonchev–Trinajstić information content (AvgIpc) is 2.92. The highest BCUT2D eigenvalue weighted by atomic mass is 16.5. The molecular formula is C29H39N3O4. The van der Waals surface area contributed by atoms with Crippen molar-refractivity contribution >= 4 is 17.9 Å². The number of ether oxygens (including phenoxy) is 1. The number of likely N-dealkylation sites (tertiary alicyclic amines) is 1. The highest BCUT2D eigenvalue weighted by molar-refractivity contribution is 5.85. The molecule has 0 aliphatic carbocycles. The zero-order valence-corrected chi connectivity index (χ0v) is 21.3. The second-order valence-corrected chi connectivity index (χ2v) is 9.42. The van der Waals surface area contributed by atoms with Gasteiger partial charge in [-0.2, -0.15) is 0 Å². The average molecular weight is 494 g/mol. The van der Waals surface area contributed by atoms with E-state index in [4.69, 9.17) is 4.74 Å². The Morgan fingerprint density at radius 3 is 2.22 bits per heavy atom. The lowest BCUT2D eigenvalue weighted by atomic mass is 9.90. The van der Waals surface area contributed by atoms with Crippen molar-refractivity contribution in [3.63, 3.8) is 0 Å². The van der Waals surface area contributed by atoms with Crippen LogP contribution in [0.4, 0.5) is 4.79 Å². The summed E-state index contributed by atoms with van der Waals surface area (Å²) in [6, 6.07) is 19.3. The predicted octanol–water partition coefficient (Wildman–Crippen LogP) is 4.46. The van der Waals surface area contributed by atoms with Crippen LogP contribution >= 0.6 is 0 Å². The Bertz CT molecular complexity index is 944. The van der Waals surface area contributed by atoms with E-state index in [1.165, 1.54) is 5.56 Å². The maximum atomic E-state index is 13.4. The van der Waals surface area contributed by atoms with Gasteiger partial charge in [-0.05, 0) is 55.6 Å². The summed E-state index contributed by atoms with van der Waals surface area (Å²) in [6.07, 6.45) is 4.76. The summed E-state index contributed by atoms with van der Waals surface area (Å²) in [5.41, 5.74) is 2.22. The Hall–Kier alpha value is -3.35. The van der Waals surface area contributed by atoms with Crippen LogP contribution in [0.2, 0.25) is 0 Å². The number of carbonyl (C=O) groups is 3. The summed E-state index contributed by atoms with van der Waals surface area (Å²) in [5, 5.41) is 5.66. The second-order valence-electron chi connectivity index (χ2n) is 9.42. The molecule has 7 heteroatoms. The van der Waals surface area contributed by atoms with Crippen LogP contribution in [-0.2, 0) is 27.4 Å². The van der Waals surface area contributed by atoms with E-state index in [9.17, 15) is 14.4 Å². The Labute approximate surface area is 214 Å². The summed E-state index contributed by atoms with van der Waals surface area (Å²) < 4.78 is 5.38. The molecule has 1 atom stereocenters. The Morgan fingerprint density at radius 1 is 0.944 bits per heavy atom. The number of nitrogens with zero attached hydrogens (tertiary/aromatic N) is 1. The van der Waals surface area contributed by atoms with E-state index in [2.05, 4.69) is 34.9 Å². The van der Waals surface area contributed by atoms with Crippen molar-refractivity contribution in [1.82, 2.24) is 15.5 Å². The zero-order valence-electron chi connectivity index (χ0n) is 21.3. The van der Waals surface area contributed by atoms with Gasteiger partial charge in [-0.1, -0.05) is 67.6 Å². The van der Waals surface area contributed by atoms with E-state index in [1.54, 1.807) is 0 Å². The number of amides is 3. The third kappa shape index (κ3) is 9.36. The quantitative estimate of drug-likeness (QED) is 0.428. The molecule has 36 heavy (non-hydrogen) atoms. The zero-order chi connectivity index (χ0) is 25.6. The number of benzene rings is 2. The molecular weight excluding hydrogens is 454 g/mol. The van der Waals surface area contributed by atoms with E-state index < -0.39 is 12.1 Å². The first-order chi connectivity index (χ1) is 17.5. The van der Waals surface area contributed by atoms with Gasteiger partial charge in [0.15, 0.2) is 0 Å². The smallest absolute Gasteiger partial charge is 0.408 e. The molecule has 0 aromatic heterocycles. The minimum atomic E-state index is -0.638. The van der Waals surface area contributed by atoms with Gasteiger partial charge in [0, 0.05) is 26.1 Å². The van der Waals surface area contributed by atoms with Gasteiger partial charge in [0.2, 0.25) is 11.8 Å². The van der Waals surface area contributed by atoms with Gasteiger partial charge in [0.05, 0.1) is 0 Å². The fourth-order valence-corrected chi connectivity index (χ4v) is 4.52. The third-order valence-electron chi connectivity index (χ3n) is 6.66. The molecule has 0 spiro atoms. The predicted molar refractivity (Wildman–Crippen MR) is 140 cm³/mol. The van der Waals surface area contributed by atoms with Crippen molar-refractivity contribution in [3.05, 3.63) is 71.8 Å². The van der Waals surface area contributed by atoms with E-state index in [1.807, 2.05) is 48.2 Å². The van der Waals surface area contributed by atoms with Crippen LogP contribution in [0, 0.1) is 5.92 Å². The summed E-state index contributed by atoms with van der Waals surface area (Å²) in [5.74, 6) is 0.520. The molecule has 0 bridgehead atoms. The molecule has 0 saturated carbocycles. The molecule has 3 amide bonds. The Balaban J connectivity index is 1.50. The normalized spacial score (nSPS) is 14.6. The van der Waals surface area contributed by atoms with Crippen molar-refractivity contribution in [1.29, 1.82) is 0 Å². The number of unbranched alkanes of at least 4 members (excludes halogenated alkanes) is 1. The van der Waals surface area contributed by atoms with E-state index >= 15 is 0 Å². The highest BCUT2D eigenvalue weighted by Crippen LogP contribution is 2.22. The van der Waals surface area contributed by atoms with Crippen LogP contribution < -0.4 is 10.6 Å². The second kappa shape index (κ2) is 14.9. The van der Waals surface area contributed by atoms with Gasteiger partial charge < -0.3 is 20.3 Å². The van der Waals surface area contributed by atoms with Gasteiger partial charge in [-0.25, -0.2) is 4.79 Å². The maximum Gasteiger partial charge on any atom is 0.408 e. The SMILES string of the molecule is CCC(=O)NCCCC[C@@H](NC(=O)OCc1ccccc1)C(=O)N1CCC(Cc2ccccc2)CC1. The lowest BCUT2D eigenvalue weighted by molar-refractivity contribution is -0.135. The summed E-state index contributed by atoms with van der Waals surface area (Å²) in [6.45, 7) is 3.93. The summed E-state index contributed by atoms with van der Waals surface area (Å²) in [4.78, 5) is 39.2. The summed E-state index contributed by atoms with van der Waals surface area (Å²) in [7, 11) is 0. The standard InChI is InChI=1S/C29H39N3O4/c1-2-27(33)30-18-10-9-15-26(31-29(35)36-22-25-13-7-4-8-14-25)28(34)32-19-16-24(17-20-32)21-23-11-5-3-6-12-23/h3-8,11-14,24,26H,2,9-10,15-22H2,1H3,(H,30,33)(H,31,35)/t26-/m1/s1. The molecule has 1 fully saturated rings. The molecule has 3 rings (SSSR count). The van der Waals surface area contributed by atoms with Crippen LogP contribution in [-0.4, -0.2) is 48.5 Å². The Kier molecular flexibility index (Phi) is 11.3. The minimum absolute atomic E-state index is 0.0172. The number of nitrogens with one attached hydrogen (secondary N) is 2. The molecule has 7 nitrogen and oxygen atoms in total. The van der Waals surface area contributed by atoms with Crippen LogP contribution in [0.25, 0.3) is 0 Å². The molecule has 1 heterocycles. The number of hydrogen-bond acceptors (Lipinski definition) is 4. The third-order valence-corrected chi connectivity index (χ3v) is 6.66. The first-order valence-electron chi connectivity index (χ1n) is 13.1. The Morgan fingerprint density at radius 2 is 1.58 bits per heavy atom. The first kappa shape index (κ1) is 27.2. The number of alkyl carbamates (subject to hydrolysis) is 1. The minimum Gasteiger partial charge on any atom is -0.445 e. The first-order valence-corrected chi connectivity index (χ1v) is 13.1. The van der Waals surface area contributed by atoms with E-state index in [0.717, 1.165) is 31.2 Å². The van der Waals surface area contributed by atoms with Crippen LogP contribution in [0.5, 0.6) is 0 Å². The fraction of sp³-hybridized carbons (Fsp3) is 0.483. The van der Waals surface area contributed by atoms with Gasteiger partial charge in [0.25, 0.3) is 0 Å². The van der Waals surface area contributed by atoms with Crippen LogP contribution in [0.3, 0.4) is 0 Å². The van der Waals surface area contributed by atoms with Gasteiger partial charge >= 0.3 is 6.09 Å². The fourth-order valence-electron chi connectivity index (χ4n) is 4.52. The molecule has 2 aromatic carbocycles. The van der Waals surface area contributed by atoms with Crippen LogP contribution in [0.1, 0.15) is 56.6 Å². The lowest BCUT2D eigenvalue weighted by Gasteiger charge is -2.34. The van der Waals surface area contributed by atoms with Crippen molar-refractivity contribution in [2.45, 2.75) is 64.5 Å². The lowest BCUT2D eigenvalue weighted by Crippen LogP contribution is -2.51. The van der Waals surface area contributed by atoms with Crippen molar-refractivity contribution in [3.8, 4) is 0 Å². The molecule has 2 N–H and O–H groups in total. The van der Waals surface area contributed by atoms with E-state index in [-0.39, 0.29) is 18.4 Å². The summed E-state index contributed by atoms with van der Waals surface area (Å²) >= 11 is 0. The van der Waals surface area contributed by atoms with Crippen LogP contribution in [0.15, 0.2) is 60.7 Å².